The van der Waals surface area contributed by atoms with Crippen LogP contribution in [0.2, 0.25) is 0 Å². The second-order valence-corrected chi connectivity index (χ2v) is 7.99. The second kappa shape index (κ2) is 10.8. The molecule has 1 heterocycles. The van der Waals surface area contributed by atoms with Crippen LogP contribution < -0.4 is 10.5 Å². The van der Waals surface area contributed by atoms with E-state index < -0.39 is 12.0 Å². The predicted molar refractivity (Wildman–Crippen MR) is 119 cm³/mol. The third-order valence-electron chi connectivity index (χ3n) is 4.82. The number of nitrogens with zero attached hydrogens (tertiary/aromatic N) is 2. The number of hydrogen-bond donors (Lipinski definition) is 2. The van der Waals surface area contributed by atoms with Crippen molar-refractivity contribution in [3.63, 3.8) is 0 Å². The van der Waals surface area contributed by atoms with E-state index in [1.54, 1.807) is 22.5 Å². The van der Waals surface area contributed by atoms with Gasteiger partial charge in [0.15, 0.2) is 0 Å². The van der Waals surface area contributed by atoms with Crippen molar-refractivity contribution in [1.29, 1.82) is 0 Å². The Kier molecular flexibility index (Phi) is 7.93. The van der Waals surface area contributed by atoms with Gasteiger partial charge in [-0.3, -0.25) is 4.79 Å². The third kappa shape index (κ3) is 6.37. The topological polar surface area (TPSA) is 90.4 Å². The number of amides is 1. The molecule has 7 heteroatoms. The van der Waals surface area contributed by atoms with Crippen LogP contribution in [-0.2, 0) is 19.6 Å². The average Bonchev–Trinajstić information content (AvgIpc) is 3.22. The van der Waals surface area contributed by atoms with E-state index in [4.69, 9.17) is 10.5 Å². The Hall–Kier alpha value is -2.77. The summed E-state index contributed by atoms with van der Waals surface area (Å²) < 4.78 is 7.73. The van der Waals surface area contributed by atoms with E-state index in [0.29, 0.717) is 19.6 Å². The van der Waals surface area contributed by atoms with Crippen molar-refractivity contribution in [1.82, 2.24) is 9.55 Å². The molecule has 1 unspecified atom stereocenters. The molecular weight excluding hydrogens is 398 g/mol. The van der Waals surface area contributed by atoms with Crippen LogP contribution in [0.5, 0.6) is 5.75 Å². The monoisotopic (exact) mass is 425 g/mol. The lowest BCUT2D eigenvalue weighted by atomic mass is 10.0. The maximum atomic E-state index is 11.1. The maximum absolute atomic E-state index is 11.1. The number of carbonyl (C=O) groups is 1. The number of aromatic nitrogens is 2. The lowest BCUT2D eigenvalue weighted by Crippen LogP contribution is -2.15. The number of aryl methyl sites for hydroxylation is 1. The van der Waals surface area contributed by atoms with Crippen LogP contribution in [0.25, 0.3) is 0 Å². The number of aliphatic hydroxyl groups excluding tert-OH is 1. The second-order valence-electron chi connectivity index (χ2n) is 7.11. The normalized spacial score (nSPS) is 11.9. The standard InChI is InChI=1S/C23H27N3O3S/c1-30-20-11-9-17(10-12-20)15-29-22-8-3-2-5-18(22)6-4-7-19(27)13-26-14-21(23(24)28)25-16-26/h2-3,5,8-12,14,16,19,27H,4,6-7,13,15H2,1H3,(H2,24,28). The zero-order valence-electron chi connectivity index (χ0n) is 17.0. The van der Waals surface area contributed by atoms with E-state index in [0.717, 1.165) is 29.7 Å². The smallest absolute Gasteiger partial charge is 0.268 e. The van der Waals surface area contributed by atoms with Gasteiger partial charge in [0, 0.05) is 17.6 Å². The Balaban J connectivity index is 1.48. The number of hydrogen-bond acceptors (Lipinski definition) is 5. The van der Waals surface area contributed by atoms with Crippen molar-refractivity contribution in [2.45, 2.75) is 43.4 Å². The summed E-state index contributed by atoms with van der Waals surface area (Å²) in [7, 11) is 0. The minimum atomic E-state index is -0.569. The minimum absolute atomic E-state index is 0.205. The van der Waals surface area contributed by atoms with E-state index in [1.807, 2.05) is 18.2 Å². The number of thioether (sulfide) groups is 1. The third-order valence-corrected chi connectivity index (χ3v) is 5.56. The fourth-order valence-corrected chi connectivity index (χ4v) is 3.59. The van der Waals surface area contributed by atoms with Gasteiger partial charge in [-0.1, -0.05) is 30.3 Å². The molecule has 0 spiro atoms. The summed E-state index contributed by atoms with van der Waals surface area (Å²) in [5.74, 6) is 0.307. The summed E-state index contributed by atoms with van der Waals surface area (Å²) in [6.45, 7) is 0.904. The van der Waals surface area contributed by atoms with Gasteiger partial charge in [-0.25, -0.2) is 4.98 Å². The van der Waals surface area contributed by atoms with Crippen LogP contribution >= 0.6 is 11.8 Å². The molecule has 2 aromatic carbocycles. The molecule has 0 saturated heterocycles. The molecule has 0 aliphatic carbocycles. The number of aliphatic hydroxyl groups is 1. The largest absolute Gasteiger partial charge is 0.489 e. The number of benzene rings is 2. The molecule has 1 aromatic heterocycles. The Labute approximate surface area is 181 Å². The molecule has 6 nitrogen and oxygen atoms in total. The van der Waals surface area contributed by atoms with Gasteiger partial charge in [0.1, 0.15) is 18.1 Å². The van der Waals surface area contributed by atoms with Gasteiger partial charge in [-0.05, 0) is 54.8 Å². The summed E-state index contributed by atoms with van der Waals surface area (Å²) in [6.07, 6.45) is 6.87. The summed E-state index contributed by atoms with van der Waals surface area (Å²) in [6, 6.07) is 16.4. The molecule has 0 aliphatic rings. The molecule has 0 bridgehead atoms. The van der Waals surface area contributed by atoms with E-state index in [1.165, 1.54) is 11.2 Å². The quantitative estimate of drug-likeness (QED) is 0.458. The van der Waals surface area contributed by atoms with Crippen LogP contribution in [-0.4, -0.2) is 32.9 Å². The molecule has 3 rings (SSSR count). The fraction of sp³-hybridized carbons (Fsp3) is 0.304. The molecule has 1 amide bonds. The average molecular weight is 426 g/mol. The van der Waals surface area contributed by atoms with Crippen molar-refractivity contribution >= 4 is 17.7 Å². The lowest BCUT2D eigenvalue weighted by molar-refractivity contribution is 0.0995. The highest BCUT2D eigenvalue weighted by Crippen LogP contribution is 2.22. The van der Waals surface area contributed by atoms with E-state index in [2.05, 4.69) is 41.6 Å². The van der Waals surface area contributed by atoms with Crippen molar-refractivity contribution in [3.05, 3.63) is 77.9 Å². The molecule has 3 aromatic rings. The highest BCUT2D eigenvalue weighted by atomic mass is 32.2. The minimum Gasteiger partial charge on any atom is -0.489 e. The van der Waals surface area contributed by atoms with Crippen LogP contribution in [0.1, 0.15) is 34.5 Å². The molecular formula is C23H27N3O3S. The van der Waals surface area contributed by atoms with Crippen LogP contribution in [0, 0.1) is 0 Å². The Bertz CT molecular complexity index is 956. The zero-order chi connectivity index (χ0) is 21.3. The van der Waals surface area contributed by atoms with Gasteiger partial charge in [-0.2, -0.15) is 0 Å². The van der Waals surface area contributed by atoms with Gasteiger partial charge in [0.2, 0.25) is 0 Å². The van der Waals surface area contributed by atoms with Gasteiger partial charge in [0.25, 0.3) is 5.91 Å². The molecule has 1 atom stereocenters. The molecule has 0 aliphatic heterocycles. The summed E-state index contributed by atoms with van der Waals surface area (Å²) >= 11 is 1.72. The number of imidazole rings is 1. The van der Waals surface area contributed by atoms with Crippen molar-refractivity contribution in [2.24, 2.45) is 5.73 Å². The summed E-state index contributed by atoms with van der Waals surface area (Å²) in [5, 5.41) is 10.3. The maximum Gasteiger partial charge on any atom is 0.268 e. The number of ether oxygens (including phenoxy) is 1. The molecule has 0 saturated carbocycles. The number of primary amides is 1. The van der Waals surface area contributed by atoms with Crippen molar-refractivity contribution in [2.75, 3.05) is 6.26 Å². The van der Waals surface area contributed by atoms with Gasteiger partial charge < -0.3 is 20.1 Å². The first-order valence-corrected chi connectivity index (χ1v) is 11.1. The number of carbonyl (C=O) groups excluding carboxylic acids is 1. The molecule has 30 heavy (non-hydrogen) atoms. The van der Waals surface area contributed by atoms with E-state index in [-0.39, 0.29) is 5.69 Å². The van der Waals surface area contributed by atoms with Gasteiger partial charge in [-0.15, -0.1) is 11.8 Å². The highest BCUT2D eigenvalue weighted by Gasteiger charge is 2.10. The van der Waals surface area contributed by atoms with Crippen LogP contribution in [0.15, 0.2) is 66.0 Å². The number of para-hydroxylation sites is 1. The van der Waals surface area contributed by atoms with Crippen molar-refractivity contribution in [3.8, 4) is 5.75 Å². The molecule has 0 fully saturated rings. The fourth-order valence-electron chi connectivity index (χ4n) is 3.18. The number of rotatable bonds is 11. The van der Waals surface area contributed by atoms with E-state index >= 15 is 0 Å². The lowest BCUT2D eigenvalue weighted by Gasteiger charge is -2.14. The molecule has 158 valence electrons. The SMILES string of the molecule is CSc1ccc(COc2ccccc2CCCC(O)Cn2cnc(C(N)=O)c2)cc1. The molecule has 0 radical (unpaired) electrons. The van der Waals surface area contributed by atoms with Crippen LogP contribution in [0.4, 0.5) is 0 Å². The zero-order valence-corrected chi connectivity index (χ0v) is 17.8. The highest BCUT2D eigenvalue weighted by molar-refractivity contribution is 7.98. The Morgan fingerprint density at radius 1 is 1.23 bits per heavy atom. The number of nitrogens with two attached hydrogens (primary N) is 1. The Morgan fingerprint density at radius 3 is 2.70 bits per heavy atom. The molecule has 3 N–H and O–H groups in total. The summed E-state index contributed by atoms with van der Waals surface area (Å²) in [5.41, 5.74) is 7.67. The van der Waals surface area contributed by atoms with Gasteiger partial charge in [0.05, 0.1) is 12.4 Å². The van der Waals surface area contributed by atoms with E-state index in [9.17, 15) is 9.90 Å². The predicted octanol–water partition coefficient (Wildman–Crippen LogP) is 3.67. The first-order valence-electron chi connectivity index (χ1n) is 9.88. The summed E-state index contributed by atoms with van der Waals surface area (Å²) in [4.78, 5) is 16.3. The van der Waals surface area contributed by atoms with Crippen molar-refractivity contribution < 1.29 is 14.6 Å². The van der Waals surface area contributed by atoms with Crippen LogP contribution in [0.3, 0.4) is 0 Å². The first-order chi connectivity index (χ1) is 14.5. The first kappa shape index (κ1) is 21.9. The Morgan fingerprint density at radius 2 is 2.00 bits per heavy atom. The van der Waals surface area contributed by atoms with Gasteiger partial charge >= 0.3 is 0 Å².